The Morgan fingerprint density at radius 1 is 1.00 bits per heavy atom. The monoisotopic (exact) mass is 368 g/mol. The lowest BCUT2D eigenvalue weighted by Crippen LogP contribution is -2.45. The Morgan fingerprint density at radius 2 is 1.70 bits per heavy atom. The first kappa shape index (κ1) is 20.5. The molecule has 2 aromatic carbocycles. The molecule has 0 aromatic heterocycles. The summed E-state index contributed by atoms with van der Waals surface area (Å²) in [5.74, 6) is 0.163. The number of aryl methyl sites for hydroxylation is 1. The molecule has 2 aromatic rings. The summed E-state index contributed by atoms with van der Waals surface area (Å²) in [7, 11) is 0. The summed E-state index contributed by atoms with van der Waals surface area (Å²) in [6, 6.07) is 15.5. The summed E-state index contributed by atoms with van der Waals surface area (Å²) in [6.07, 6.45) is 1.01. The Kier molecular flexibility index (Phi) is 7.41. The molecule has 2 N–H and O–H groups in total. The highest BCUT2D eigenvalue weighted by molar-refractivity contribution is 5.86. The van der Waals surface area contributed by atoms with Crippen molar-refractivity contribution in [3.05, 3.63) is 65.2 Å². The first-order chi connectivity index (χ1) is 12.8. The van der Waals surface area contributed by atoms with Crippen LogP contribution in [0.4, 0.5) is 0 Å². The predicted octanol–water partition coefficient (Wildman–Crippen LogP) is 3.52. The first-order valence-electron chi connectivity index (χ1n) is 9.22. The SMILES string of the molecule is Cc1cccc(OCC(=O)NNC(=O)C(C)c2ccc(CC(C)C)cc2)c1. The third-order valence-electron chi connectivity index (χ3n) is 4.20. The molecule has 0 aliphatic carbocycles. The number of rotatable bonds is 7. The average Bonchev–Trinajstić information content (AvgIpc) is 2.64. The van der Waals surface area contributed by atoms with Gasteiger partial charge in [-0.2, -0.15) is 0 Å². The van der Waals surface area contributed by atoms with Crippen LogP contribution in [0.15, 0.2) is 48.5 Å². The number of benzene rings is 2. The van der Waals surface area contributed by atoms with E-state index in [4.69, 9.17) is 4.74 Å². The zero-order valence-corrected chi connectivity index (χ0v) is 16.4. The van der Waals surface area contributed by atoms with Gasteiger partial charge in [0, 0.05) is 0 Å². The van der Waals surface area contributed by atoms with Crippen molar-refractivity contribution in [1.82, 2.24) is 10.9 Å². The van der Waals surface area contributed by atoms with Gasteiger partial charge in [-0.15, -0.1) is 0 Å². The Hall–Kier alpha value is -2.82. The van der Waals surface area contributed by atoms with Crippen LogP contribution in [0.5, 0.6) is 5.75 Å². The molecule has 0 bridgehead atoms. The van der Waals surface area contributed by atoms with Crippen LogP contribution in [0.2, 0.25) is 0 Å². The number of hydrazine groups is 1. The zero-order valence-electron chi connectivity index (χ0n) is 16.4. The van der Waals surface area contributed by atoms with Crippen molar-refractivity contribution in [1.29, 1.82) is 0 Å². The molecule has 2 amide bonds. The molecule has 0 saturated heterocycles. The predicted molar refractivity (Wildman–Crippen MR) is 106 cm³/mol. The van der Waals surface area contributed by atoms with E-state index in [-0.39, 0.29) is 18.4 Å². The molecule has 5 nitrogen and oxygen atoms in total. The van der Waals surface area contributed by atoms with Crippen molar-refractivity contribution in [3.8, 4) is 5.75 Å². The van der Waals surface area contributed by atoms with E-state index in [0.29, 0.717) is 11.7 Å². The van der Waals surface area contributed by atoms with Gasteiger partial charge in [0.05, 0.1) is 5.92 Å². The fourth-order valence-electron chi connectivity index (χ4n) is 2.69. The summed E-state index contributed by atoms with van der Waals surface area (Å²) in [5.41, 5.74) is 8.06. The lowest BCUT2D eigenvalue weighted by atomic mass is 9.96. The Bertz CT molecular complexity index is 769. The van der Waals surface area contributed by atoms with E-state index in [2.05, 4.69) is 24.7 Å². The standard InChI is InChI=1S/C22H28N2O3/c1-15(2)12-18-8-10-19(11-9-18)17(4)22(26)24-23-21(25)14-27-20-7-5-6-16(3)13-20/h5-11,13,15,17H,12,14H2,1-4H3,(H,23,25)(H,24,26). The van der Waals surface area contributed by atoms with Gasteiger partial charge >= 0.3 is 0 Å². The number of ether oxygens (including phenoxy) is 1. The van der Waals surface area contributed by atoms with Gasteiger partial charge in [-0.25, -0.2) is 0 Å². The number of hydrogen-bond donors (Lipinski definition) is 2. The Balaban J connectivity index is 1.79. The molecule has 0 fully saturated rings. The van der Waals surface area contributed by atoms with Crippen molar-refractivity contribution in [2.45, 2.75) is 40.0 Å². The first-order valence-corrected chi connectivity index (χ1v) is 9.22. The molecule has 0 aliphatic rings. The van der Waals surface area contributed by atoms with Crippen LogP contribution in [0.1, 0.15) is 43.4 Å². The summed E-state index contributed by atoms with van der Waals surface area (Å²) < 4.78 is 5.41. The van der Waals surface area contributed by atoms with Crippen LogP contribution < -0.4 is 15.6 Å². The number of amides is 2. The fourth-order valence-corrected chi connectivity index (χ4v) is 2.69. The van der Waals surface area contributed by atoms with Crippen LogP contribution in [0.25, 0.3) is 0 Å². The van der Waals surface area contributed by atoms with Gasteiger partial charge in [0.15, 0.2) is 6.61 Å². The highest BCUT2D eigenvalue weighted by atomic mass is 16.5. The third kappa shape index (κ3) is 6.77. The van der Waals surface area contributed by atoms with Gasteiger partial charge in [-0.1, -0.05) is 50.2 Å². The van der Waals surface area contributed by atoms with Crippen LogP contribution in [-0.2, 0) is 16.0 Å². The molecule has 2 rings (SSSR count). The van der Waals surface area contributed by atoms with E-state index in [9.17, 15) is 9.59 Å². The van der Waals surface area contributed by atoms with Crippen molar-refractivity contribution >= 4 is 11.8 Å². The van der Waals surface area contributed by atoms with Crippen molar-refractivity contribution in [2.75, 3.05) is 6.61 Å². The second-order valence-corrected chi connectivity index (χ2v) is 7.20. The molecular formula is C22H28N2O3. The highest BCUT2D eigenvalue weighted by Crippen LogP contribution is 2.17. The number of nitrogens with one attached hydrogen (secondary N) is 2. The summed E-state index contributed by atoms with van der Waals surface area (Å²) in [6.45, 7) is 7.94. The van der Waals surface area contributed by atoms with Crippen LogP contribution in [0.3, 0.4) is 0 Å². The molecule has 1 unspecified atom stereocenters. The normalized spacial score (nSPS) is 11.7. The molecule has 0 aliphatic heterocycles. The lowest BCUT2D eigenvalue weighted by Gasteiger charge is -2.14. The number of carbonyl (C=O) groups is 2. The second-order valence-electron chi connectivity index (χ2n) is 7.20. The van der Waals surface area contributed by atoms with Crippen molar-refractivity contribution in [3.63, 3.8) is 0 Å². The fraction of sp³-hybridized carbons (Fsp3) is 0.364. The molecule has 144 valence electrons. The van der Waals surface area contributed by atoms with Crippen LogP contribution in [0, 0.1) is 12.8 Å². The number of carbonyl (C=O) groups excluding carboxylic acids is 2. The van der Waals surface area contributed by atoms with E-state index in [1.807, 2.05) is 56.3 Å². The Labute approximate surface area is 161 Å². The largest absolute Gasteiger partial charge is 0.484 e. The van der Waals surface area contributed by atoms with Gasteiger partial charge in [0.1, 0.15) is 5.75 Å². The zero-order chi connectivity index (χ0) is 19.8. The van der Waals surface area contributed by atoms with Gasteiger partial charge < -0.3 is 4.74 Å². The quantitative estimate of drug-likeness (QED) is 0.735. The maximum Gasteiger partial charge on any atom is 0.276 e. The second kappa shape index (κ2) is 9.76. The van der Waals surface area contributed by atoms with E-state index in [0.717, 1.165) is 17.5 Å². The third-order valence-corrected chi connectivity index (χ3v) is 4.20. The van der Waals surface area contributed by atoms with Crippen molar-refractivity contribution in [2.24, 2.45) is 5.92 Å². The smallest absolute Gasteiger partial charge is 0.276 e. The molecule has 1 atom stereocenters. The van der Waals surface area contributed by atoms with Gasteiger partial charge in [0.25, 0.3) is 5.91 Å². The molecule has 0 radical (unpaired) electrons. The molecule has 0 spiro atoms. The minimum Gasteiger partial charge on any atom is -0.484 e. The maximum atomic E-state index is 12.3. The number of hydrogen-bond acceptors (Lipinski definition) is 3. The van der Waals surface area contributed by atoms with E-state index >= 15 is 0 Å². The summed E-state index contributed by atoms with van der Waals surface area (Å²) in [5, 5.41) is 0. The lowest BCUT2D eigenvalue weighted by molar-refractivity contribution is -0.130. The van der Waals surface area contributed by atoms with Gasteiger partial charge in [-0.3, -0.25) is 20.4 Å². The van der Waals surface area contributed by atoms with Crippen LogP contribution >= 0.6 is 0 Å². The van der Waals surface area contributed by atoms with E-state index in [1.165, 1.54) is 5.56 Å². The highest BCUT2D eigenvalue weighted by Gasteiger charge is 2.16. The molecular weight excluding hydrogens is 340 g/mol. The van der Waals surface area contributed by atoms with Gasteiger partial charge in [0.2, 0.25) is 5.91 Å². The molecule has 0 heterocycles. The maximum absolute atomic E-state index is 12.3. The summed E-state index contributed by atoms with van der Waals surface area (Å²) >= 11 is 0. The van der Waals surface area contributed by atoms with E-state index < -0.39 is 5.91 Å². The minimum atomic E-state index is -0.413. The molecule has 0 saturated carbocycles. The Morgan fingerprint density at radius 3 is 2.33 bits per heavy atom. The molecule has 5 heteroatoms. The van der Waals surface area contributed by atoms with E-state index in [1.54, 1.807) is 6.07 Å². The minimum absolute atomic E-state index is 0.165. The van der Waals surface area contributed by atoms with Crippen molar-refractivity contribution < 1.29 is 14.3 Å². The summed E-state index contributed by atoms with van der Waals surface area (Å²) in [4.78, 5) is 24.1. The van der Waals surface area contributed by atoms with Crippen LogP contribution in [-0.4, -0.2) is 18.4 Å². The van der Waals surface area contributed by atoms with Gasteiger partial charge in [-0.05, 0) is 55.0 Å². The average molecular weight is 368 g/mol. The molecule has 27 heavy (non-hydrogen) atoms. The topological polar surface area (TPSA) is 67.4 Å².